The molecule has 1 saturated heterocycles. The number of para-hydroxylation sites is 2. The number of hydrogen-bond donors (Lipinski definition) is 1. The average molecular weight is 350 g/mol. The Bertz CT molecular complexity index is 674. The first-order chi connectivity index (χ1) is 11.5. The lowest BCUT2D eigenvalue weighted by molar-refractivity contribution is -0.137. The van der Waals surface area contributed by atoms with Gasteiger partial charge in [0, 0.05) is 0 Å². The molecule has 0 unspecified atom stereocenters. The first kappa shape index (κ1) is 17.9. The van der Waals surface area contributed by atoms with Gasteiger partial charge in [0.1, 0.15) is 12.3 Å². The molecule has 0 saturated carbocycles. The van der Waals surface area contributed by atoms with Gasteiger partial charge in [0.25, 0.3) is 0 Å². The van der Waals surface area contributed by atoms with Gasteiger partial charge in [0.15, 0.2) is 0 Å². The van der Waals surface area contributed by atoms with Gasteiger partial charge in [-0.1, -0.05) is 23.9 Å². The van der Waals surface area contributed by atoms with Gasteiger partial charge >= 0.3 is 5.97 Å². The van der Waals surface area contributed by atoms with Crippen molar-refractivity contribution in [2.45, 2.75) is 6.92 Å². The molecule has 1 aliphatic heterocycles. The van der Waals surface area contributed by atoms with Crippen molar-refractivity contribution in [2.24, 2.45) is 0 Å². The van der Waals surface area contributed by atoms with Gasteiger partial charge in [-0.15, -0.1) is 0 Å². The molecule has 1 aliphatic rings. The predicted octanol–water partition coefficient (Wildman–Crippen LogP) is 1.61. The molecular weight excluding hydrogens is 332 g/mol. The average Bonchev–Trinajstić information content (AvgIpc) is 2.88. The molecule has 128 valence electrons. The highest BCUT2D eigenvalue weighted by Gasteiger charge is 2.29. The van der Waals surface area contributed by atoms with Crippen LogP contribution in [0.3, 0.4) is 0 Å². The number of nitrogens with one attached hydrogen (secondary N) is 1. The van der Waals surface area contributed by atoms with E-state index in [1.807, 2.05) is 0 Å². The van der Waals surface area contributed by atoms with Crippen LogP contribution in [0.25, 0.3) is 0 Å². The van der Waals surface area contributed by atoms with E-state index in [4.69, 9.17) is 9.47 Å². The molecule has 0 bridgehead atoms. The number of esters is 1. The lowest BCUT2D eigenvalue weighted by Crippen LogP contribution is -2.34. The van der Waals surface area contributed by atoms with E-state index in [1.54, 1.807) is 31.2 Å². The Morgan fingerprint density at radius 1 is 1.38 bits per heavy atom. The number of anilines is 1. The van der Waals surface area contributed by atoms with Crippen molar-refractivity contribution in [3.8, 4) is 5.75 Å². The van der Waals surface area contributed by atoms with Gasteiger partial charge in [-0.25, -0.2) is 4.79 Å². The number of thioether (sulfide) groups is 1. The summed E-state index contributed by atoms with van der Waals surface area (Å²) in [5.74, 6) is -0.441. The molecule has 24 heavy (non-hydrogen) atoms. The highest BCUT2D eigenvalue weighted by Crippen LogP contribution is 2.29. The third kappa shape index (κ3) is 4.51. The fourth-order valence-electron chi connectivity index (χ4n) is 2.07. The van der Waals surface area contributed by atoms with E-state index in [0.29, 0.717) is 16.5 Å². The summed E-state index contributed by atoms with van der Waals surface area (Å²) >= 11 is 1.20. The largest absolute Gasteiger partial charge is 0.495 e. The van der Waals surface area contributed by atoms with E-state index in [-0.39, 0.29) is 30.7 Å². The van der Waals surface area contributed by atoms with E-state index in [9.17, 15) is 14.4 Å². The maximum absolute atomic E-state index is 12.2. The number of ether oxygens (including phenoxy) is 2. The summed E-state index contributed by atoms with van der Waals surface area (Å²) in [5.41, 5.74) is 0.514. The van der Waals surface area contributed by atoms with Gasteiger partial charge in [-0.3, -0.25) is 14.5 Å². The number of hydrogen-bond acceptors (Lipinski definition) is 6. The molecular formula is C16H18N2O5S. The normalized spacial score (nSPS) is 15.5. The van der Waals surface area contributed by atoms with Gasteiger partial charge in [-0.2, -0.15) is 0 Å². The Labute approximate surface area is 144 Å². The number of methoxy groups -OCH3 is 1. The summed E-state index contributed by atoms with van der Waals surface area (Å²) in [4.78, 5) is 37.0. The minimum Gasteiger partial charge on any atom is -0.495 e. The summed E-state index contributed by atoms with van der Waals surface area (Å²) in [6.45, 7) is 1.76. The second-order valence-electron chi connectivity index (χ2n) is 4.75. The Hall–Kier alpha value is -2.48. The highest BCUT2D eigenvalue weighted by atomic mass is 32.2. The molecule has 0 atom stereocenters. The molecule has 7 nitrogen and oxygen atoms in total. The van der Waals surface area contributed by atoms with Crippen LogP contribution in [-0.2, 0) is 19.1 Å². The maximum Gasteiger partial charge on any atom is 0.333 e. The number of rotatable bonds is 6. The molecule has 0 spiro atoms. The van der Waals surface area contributed by atoms with Gasteiger partial charge < -0.3 is 14.8 Å². The Morgan fingerprint density at radius 3 is 2.83 bits per heavy atom. The molecule has 1 heterocycles. The summed E-state index contributed by atoms with van der Waals surface area (Å²) in [6, 6.07) is 6.97. The van der Waals surface area contributed by atoms with Crippen molar-refractivity contribution in [1.82, 2.24) is 4.90 Å². The quantitative estimate of drug-likeness (QED) is 0.620. The second kappa shape index (κ2) is 8.39. The molecule has 2 rings (SSSR count). The summed E-state index contributed by atoms with van der Waals surface area (Å²) in [5, 5.41) is 3.11. The fraction of sp³-hybridized carbons (Fsp3) is 0.312. The van der Waals surface area contributed by atoms with Crippen molar-refractivity contribution < 1.29 is 23.9 Å². The number of carbonyl (C=O) groups excluding carboxylic acids is 3. The van der Waals surface area contributed by atoms with Gasteiger partial charge in [0.2, 0.25) is 11.8 Å². The molecule has 0 radical (unpaired) electrons. The molecule has 1 aromatic carbocycles. The first-order valence-electron chi connectivity index (χ1n) is 7.29. The highest BCUT2D eigenvalue weighted by molar-refractivity contribution is 8.04. The molecule has 1 aromatic rings. The van der Waals surface area contributed by atoms with E-state index in [2.05, 4.69) is 5.32 Å². The van der Waals surface area contributed by atoms with Crippen molar-refractivity contribution in [3.05, 3.63) is 35.4 Å². The van der Waals surface area contributed by atoms with Crippen molar-refractivity contribution in [3.63, 3.8) is 0 Å². The van der Waals surface area contributed by atoms with Crippen LogP contribution >= 0.6 is 11.8 Å². The number of benzene rings is 1. The molecule has 1 N–H and O–H groups in total. The third-order valence-electron chi connectivity index (χ3n) is 3.12. The Morgan fingerprint density at radius 2 is 2.12 bits per heavy atom. The second-order valence-corrected chi connectivity index (χ2v) is 5.75. The van der Waals surface area contributed by atoms with E-state index < -0.39 is 5.97 Å². The van der Waals surface area contributed by atoms with Crippen LogP contribution in [-0.4, -0.2) is 48.7 Å². The molecule has 8 heteroatoms. The minimum atomic E-state index is -0.537. The molecule has 0 aliphatic carbocycles. The summed E-state index contributed by atoms with van der Waals surface area (Å²) in [7, 11) is 1.51. The van der Waals surface area contributed by atoms with Crippen molar-refractivity contribution in [1.29, 1.82) is 0 Å². The van der Waals surface area contributed by atoms with Crippen LogP contribution in [0.4, 0.5) is 5.69 Å². The van der Waals surface area contributed by atoms with Crippen LogP contribution in [0.5, 0.6) is 5.75 Å². The lowest BCUT2D eigenvalue weighted by Gasteiger charge is -2.17. The van der Waals surface area contributed by atoms with Crippen LogP contribution in [0, 0.1) is 0 Å². The SMILES string of the molecule is CCOC(=O)/C=C1\SCC(=O)N1CC(=O)Nc1ccccc1OC. The molecule has 2 amide bonds. The first-order valence-corrected chi connectivity index (χ1v) is 8.28. The smallest absolute Gasteiger partial charge is 0.333 e. The monoisotopic (exact) mass is 350 g/mol. The lowest BCUT2D eigenvalue weighted by atomic mass is 10.3. The number of amides is 2. The van der Waals surface area contributed by atoms with Crippen LogP contribution in [0.15, 0.2) is 35.4 Å². The van der Waals surface area contributed by atoms with Crippen molar-refractivity contribution >= 4 is 35.2 Å². The number of nitrogens with zero attached hydrogens (tertiary/aromatic N) is 1. The maximum atomic E-state index is 12.2. The number of carbonyl (C=O) groups is 3. The molecule has 0 aromatic heterocycles. The predicted molar refractivity (Wildman–Crippen MR) is 90.5 cm³/mol. The molecule has 1 fully saturated rings. The van der Waals surface area contributed by atoms with E-state index in [0.717, 1.165) is 0 Å². The van der Waals surface area contributed by atoms with Crippen LogP contribution in [0.2, 0.25) is 0 Å². The van der Waals surface area contributed by atoms with Gasteiger partial charge in [0.05, 0.1) is 36.3 Å². The van der Waals surface area contributed by atoms with Gasteiger partial charge in [-0.05, 0) is 19.1 Å². The summed E-state index contributed by atoms with van der Waals surface area (Å²) < 4.78 is 10.0. The van der Waals surface area contributed by atoms with Crippen molar-refractivity contribution in [2.75, 3.05) is 31.3 Å². The Kier molecular flexibility index (Phi) is 6.25. The zero-order valence-electron chi connectivity index (χ0n) is 13.4. The third-order valence-corrected chi connectivity index (χ3v) is 4.15. The standard InChI is InChI=1S/C16H18N2O5S/c1-3-23-16(21)8-15-18(14(20)10-24-15)9-13(19)17-11-6-4-5-7-12(11)22-2/h4-8H,3,9-10H2,1-2H3,(H,17,19)/b15-8-. The van der Waals surface area contributed by atoms with Crippen LogP contribution in [0.1, 0.15) is 6.92 Å². The van der Waals surface area contributed by atoms with E-state index >= 15 is 0 Å². The zero-order chi connectivity index (χ0) is 17.5. The van der Waals surface area contributed by atoms with E-state index in [1.165, 1.54) is 29.8 Å². The minimum absolute atomic E-state index is 0.185. The topological polar surface area (TPSA) is 84.9 Å². The fourth-order valence-corrected chi connectivity index (χ4v) is 3.00. The van der Waals surface area contributed by atoms with Crippen LogP contribution < -0.4 is 10.1 Å². The Balaban J connectivity index is 2.06. The summed E-state index contributed by atoms with van der Waals surface area (Å²) in [6.07, 6.45) is 1.23. The zero-order valence-corrected chi connectivity index (χ0v) is 14.2.